The van der Waals surface area contributed by atoms with E-state index in [0.29, 0.717) is 38.4 Å². The number of phenols is 1. The number of methoxy groups -OCH3 is 2. The van der Waals surface area contributed by atoms with Crippen LogP contribution in [0.5, 0.6) is 17.2 Å². The second kappa shape index (κ2) is 8.88. The maximum Gasteiger partial charge on any atom is 0.161 e. The molecule has 4 rings (SSSR count). The summed E-state index contributed by atoms with van der Waals surface area (Å²) in [5.74, 6) is 1.73. The fraction of sp³-hybridized carbons (Fsp3) is 0.130. The molecule has 1 unspecified atom stereocenters. The number of benzene rings is 2. The molecule has 0 bridgehead atoms. The molecule has 158 valence electrons. The Balaban J connectivity index is 1.87. The summed E-state index contributed by atoms with van der Waals surface area (Å²) in [5.41, 5.74) is 1.94. The van der Waals surface area contributed by atoms with E-state index in [9.17, 15) is 5.11 Å². The van der Waals surface area contributed by atoms with Gasteiger partial charge < -0.3 is 19.9 Å². The van der Waals surface area contributed by atoms with Gasteiger partial charge in [0.1, 0.15) is 17.1 Å². The van der Waals surface area contributed by atoms with E-state index in [1.807, 2.05) is 42.5 Å². The highest BCUT2D eigenvalue weighted by Crippen LogP contribution is 2.39. The summed E-state index contributed by atoms with van der Waals surface area (Å²) >= 11 is 12.2. The van der Waals surface area contributed by atoms with Crippen LogP contribution in [0.15, 0.2) is 60.9 Å². The van der Waals surface area contributed by atoms with Gasteiger partial charge in [0.15, 0.2) is 11.5 Å². The molecule has 0 aliphatic rings. The molecule has 4 aromatic rings. The number of hydrogen-bond acceptors (Lipinski definition) is 6. The van der Waals surface area contributed by atoms with Gasteiger partial charge in [0.05, 0.1) is 30.3 Å². The molecule has 8 heteroatoms. The Kier molecular flexibility index (Phi) is 6.02. The Bertz CT molecular complexity index is 1250. The van der Waals surface area contributed by atoms with Gasteiger partial charge in [0.2, 0.25) is 0 Å². The summed E-state index contributed by atoms with van der Waals surface area (Å²) in [4.78, 5) is 8.65. The second-order valence-electron chi connectivity index (χ2n) is 6.75. The van der Waals surface area contributed by atoms with Gasteiger partial charge in [-0.25, -0.2) is 4.98 Å². The molecule has 1 atom stereocenters. The van der Waals surface area contributed by atoms with Crippen molar-refractivity contribution in [3.05, 3.63) is 82.1 Å². The first-order valence-corrected chi connectivity index (χ1v) is 10.1. The minimum absolute atomic E-state index is 0.0745. The number of aromatic nitrogens is 2. The molecule has 0 saturated carbocycles. The van der Waals surface area contributed by atoms with Crippen LogP contribution in [0.3, 0.4) is 0 Å². The van der Waals surface area contributed by atoms with Crippen molar-refractivity contribution in [2.45, 2.75) is 6.04 Å². The summed E-state index contributed by atoms with van der Waals surface area (Å²) in [7, 11) is 3.15. The first kappa shape index (κ1) is 21.0. The zero-order chi connectivity index (χ0) is 22.0. The van der Waals surface area contributed by atoms with E-state index in [1.54, 1.807) is 26.5 Å². The Morgan fingerprint density at radius 3 is 2.48 bits per heavy atom. The van der Waals surface area contributed by atoms with Crippen molar-refractivity contribution in [3.8, 4) is 17.2 Å². The number of pyridine rings is 2. The van der Waals surface area contributed by atoms with Crippen LogP contribution in [0.4, 0.5) is 5.82 Å². The van der Waals surface area contributed by atoms with Gasteiger partial charge in [0.25, 0.3) is 0 Å². The minimum Gasteiger partial charge on any atom is -0.505 e. The lowest BCUT2D eigenvalue weighted by molar-refractivity contribution is 0.354. The van der Waals surface area contributed by atoms with Crippen LogP contribution in [0, 0.1) is 0 Å². The normalized spacial score (nSPS) is 11.9. The van der Waals surface area contributed by atoms with Crippen molar-refractivity contribution in [2.75, 3.05) is 19.5 Å². The summed E-state index contributed by atoms with van der Waals surface area (Å²) in [6.45, 7) is 0. The minimum atomic E-state index is -0.490. The summed E-state index contributed by atoms with van der Waals surface area (Å²) in [5, 5.41) is 16.0. The standard InChI is InChI=1S/C23H19Cl2N3O3/c1-30-18-8-6-14(10-19(18)31-2)21(28-20-11-16(24)17(25)12-27-20)15-7-5-13-4-3-9-26-22(13)23(15)29/h3-12,21,29H,1-2H3,(H,27,28). The van der Waals surface area contributed by atoms with E-state index in [0.717, 1.165) is 10.9 Å². The number of halogens is 2. The number of aromatic hydroxyl groups is 1. The van der Waals surface area contributed by atoms with Crippen LogP contribution in [-0.2, 0) is 0 Å². The highest BCUT2D eigenvalue weighted by Gasteiger charge is 2.22. The number of rotatable bonds is 6. The Morgan fingerprint density at radius 2 is 1.74 bits per heavy atom. The van der Waals surface area contributed by atoms with Gasteiger partial charge in [-0.15, -0.1) is 0 Å². The van der Waals surface area contributed by atoms with Crippen LogP contribution >= 0.6 is 23.2 Å². The van der Waals surface area contributed by atoms with Gasteiger partial charge in [-0.1, -0.05) is 47.5 Å². The molecule has 0 amide bonds. The Hall–Kier alpha value is -3.22. The average Bonchev–Trinajstić information content (AvgIpc) is 2.80. The van der Waals surface area contributed by atoms with Crippen molar-refractivity contribution in [2.24, 2.45) is 0 Å². The molecule has 0 radical (unpaired) electrons. The van der Waals surface area contributed by atoms with Crippen LogP contribution in [-0.4, -0.2) is 29.3 Å². The van der Waals surface area contributed by atoms with Crippen molar-refractivity contribution in [1.82, 2.24) is 9.97 Å². The SMILES string of the molecule is COc1ccc(C(Nc2cc(Cl)c(Cl)cn2)c2ccc3cccnc3c2O)cc1OC. The molecule has 2 aromatic carbocycles. The summed E-state index contributed by atoms with van der Waals surface area (Å²) < 4.78 is 10.8. The monoisotopic (exact) mass is 455 g/mol. The first-order chi connectivity index (χ1) is 15.0. The second-order valence-corrected chi connectivity index (χ2v) is 7.57. The lowest BCUT2D eigenvalue weighted by Gasteiger charge is -2.23. The fourth-order valence-electron chi connectivity index (χ4n) is 3.39. The fourth-order valence-corrected chi connectivity index (χ4v) is 3.65. The van der Waals surface area contributed by atoms with E-state index >= 15 is 0 Å². The zero-order valence-electron chi connectivity index (χ0n) is 16.8. The van der Waals surface area contributed by atoms with Crippen LogP contribution < -0.4 is 14.8 Å². The van der Waals surface area contributed by atoms with E-state index < -0.39 is 6.04 Å². The molecule has 2 heterocycles. The van der Waals surface area contributed by atoms with Gasteiger partial charge in [-0.05, 0) is 23.8 Å². The number of nitrogens with zero attached hydrogens (tertiary/aromatic N) is 2. The summed E-state index contributed by atoms with van der Waals surface area (Å²) in [6.07, 6.45) is 3.12. The van der Waals surface area contributed by atoms with E-state index in [1.165, 1.54) is 6.20 Å². The van der Waals surface area contributed by atoms with E-state index in [4.69, 9.17) is 32.7 Å². The predicted molar refractivity (Wildman–Crippen MR) is 123 cm³/mol. The summed E-state index contributed by atoms with van der Waals surface area (Å²) in [6, 6.07) is 14.2. The van der Waals surface area contributed by atoms with Crippen molar-refractivity contribution in [1.29, 1.82) is 0 Å². The zero-order valence-corrected chi connectivity index (χ0v) is 18.3. The van der Waals surface area contributed by atoms with Gasteiger partial charge >= 0.3 is 0 Å². The van der Waals surface area contributed by atoms with Crippen LogP contribution in [0.25, 0.3) is 10.9 Å². The smallest absolute Gasteiger partial charge is 0.161 e. The highest BCUT2D eigenvalue weighted by molar-refractivity contribution is 6.42. The number of ether oxygens (including phenoxy) is 2. The maximum atomic E-state index is 11.1. The number of fused-ring (bicyclic) bond motifs is 1. The Morgan fingerprint density at radius 1 is 0.935 bits per heavy atom. The highest BCUT2D eigenvalue weighted by atomic mass is 35.5. The molecule has 2 N–H and O–H groups in total. The van der Waals surface area contributed by atoms with Crippen LogP contribution in [0.1, 0.15) is 17.2 Å². The van der Waals surface area contributed by atoms with Crippen LogP contribution in [0.2, 0.25) is 10.0 Å². The molecule has 6 nitrogen and oxygen atoms in total. The molecule has 31 heavy (non-hydrogen) atoms. The maximum absolute atomic E-state index is 11.1. The number of nitrogens with one attached hydrogen (secondary N) is 1. The van der Waals surface area contributed by atoms with E-state index in [-0.39, 0.29) is 5.75 Å². The lowest BCUT2D eigenvalue weighted by atomic mass is 9.95. The average molecular weight is 456 g/mol. The quantitative estimate of drug-likeness (QED) is 0.379. The largest absolute Gasteiger partial charge is 0.505 e. The topological polar surface area (TPSA) is 76.5 Å². The number of phenolic OH excluding ortho intramolecular Hbond substituents is 1. The molecule has 0 aliphatic heterocycles. The molecule has 0 spiro atoms. The Labute approximate surface area is 189 Å². The van der Waals surface area contributed by atoms with Crippen molar-refractivity contribution in [3.63, 3.8) is 0 Å². The third-order valence-corrected chi connectivity index (χ3v) is 5.64. The molecule has 0 aliphatic carbocycles. The predicted octanol–water partition coefficient (Wildman–Crippen LogP) is 5.86. The molecular weight excluding hydrogens is 437 g/mol. The molecular formula is C23H19Cl2N3O3. The van der Waals surface area contributed by atoms with Gasteiger partial charge in [0, 0.05) is 29.4 Å². The molecule has 0 saturated heterocycles. The molecule has 0 fully saturated rings. The molecule has 2 aromatic heterocycles. The lowest BCUT2D eigenvalue weighted by Crippen LogP contribution is -2.14. The number of anilines is 1. The first-order valence-electron chi connectivity index (χ1n) is 9.38. The third-order valence-electron chi connectivity index (χ3n) is 4.93. The van der Waals surface area contributed by atoms with Gasteiger partial charge in [-0.2, -0.15) is 0 Å². The van der Waals surface area contributed by atoms with Crippen molar-refractivity contribution < 1.29 is 14.6 Å². The van der Waals surface area contributed by atoms with Gasteiger partial charge in [-0.3, -0.25) is 4.98 Å². The van der Waals surface area contributed by atoms with Crippen molar-refractivity contribution >= 4 is 39.9 Å². The van der Waals surface area contributed by atoms with E-state index in [2.05, 4.69) is 15.3 Å². The third kappa shape index (κ3) is 4.17. The number of hydrogen-bond donors (Lipinski definition) is 2.